The number of ether oxygens (including phenoxy) is 1. The van der Waals surface area contributed by atoms with Crippen molar-refractivity contribution in [3.63, 3.8) is 0 Å². The van der Waals surface area contributed by atoms with E-state index >= 15 is 0 Å². The lowest BCUT2D eigenvalue weighted by Gasteiger charge is -2.08. The molecule has 0 aliphatic heterocycles. The van der Waals surface area contributed by atoms with E-state index in [1.54, 1.807) is 25.1 Å². The summed E-state index contributed by atoms with van der Waals surface area (Å²) < 4.78 is 10.3. The van der Waals surface area contributed by atoms with Crippen molar-refractivity contribution in [1.82, 2.24) is 0 Å². The molecule has 0 bridgehead atoms. The van der Waals surface area contributed by atoms with Gasteiger partial charge in [-0.25, -0.2) is 4.79 Å². The second-order valence-electron chi connectivity index (χ2n) is 3.98. The molecule has 1 aromatic carbocycles. The number of hydrogen-bond donors (Lipinski definition) is 1. The number of furan rings is 1. The molecular weight excluding hydrogens is 362 g/mol. The van der Waals surface area contributed by atoms with Gasteiger partial charge >= 0.3 is 5.97 Å². The standard InChI is InChI=1S/C14H11BrClNO4/c1-2-20-14(19)8-3-4-11(10(15)7-8)17-13(18)9-5-6-21-12(9)16/h3-7H,2H2,1H3,(H,17,18). The maximum Gasteiger partial charge on any atom is 0.338 e. The molecule has 0 saturated carbocycles. The van der Waals surface area contributed by atoms with Crippen LogP contribution in [0.2, 0.25) is 5.22 Å². The van der Waals surface area contributed by atoms with E-state index in [2.05, 4.69) is 21.2 Å². The summed E-state index contributed by atoms with van der Waals surface area (Å²) in [6.45, 7) is 2.03. The summed E-state index contributed by atoms with van der Waals surface area (Å²) in [6, 6.07) is 6.21. The minimum Gasteiger partial charge on any atom is -0.462 e. The van der Waals surface area contributed by atoms with E-state index in [0.717, 1.165) is 0 Å². The van der Waals surface area contributed by atoms with Crippen molar-refractivity contribution in [3.05, 3.63) is 51.3 Å². The smallest absolute Gasteiger partial charge is 0.338 e. The quantitative estimate of drug-likeness (QED) is 0.820. The lowest BCUT2D eigenvalue weighted by molar-refractivity contribution is 0.0526. The molecule has 5 nitrogen and oxygen atoms in total. The SMILES string of the molecule is CCOC(=O)c1ccc(NC(=O)c2ccoc2Cl)c(Br)c1. The van der Waals surface area contributed by atoms with E-state index < -0.39 is 11.9 Å². The molecule has 110 valence electrons. The van der Waals surface area contributed by atoms with E-state index in [0.29, 0.717) is 22.3 Å². The molecule has 0 radical (unpaired) electrons. The molecule has 0 unspecified atom stereocenters. The number of anilines is 1. The van der Waals surface area contributed by atoms with Crippen molar-refractivity contribution < 1.29 is 18.7 Å². The molecule has 2 rings (SSSR count). The zero-order valence-electron chi connectivity index (χ0n) is 11.0. The molecule has 7 heteroatoms. The Morgan fingerprint density at radius 3 is 2.71 bits per heavy atom. The normalized spacial score (nSPS) is 10.2. The highest BCUT2D eigenvalue weighted by Gasteiger charge is 2.15. The predicted molar refractivity (Wildman–Crippen MR) is 81.8 cm³/mol. The molecule has 1 heterocycles. The predicted octanol–water partition coefficient (Wildman–Crippen LogP) is 4.12. The van der Waals surface area contributed by atoms with Crippen LogP contribution in [0.25, 0.3) is 0 Å². The lowest BCUT2D eigenvalue weighted by atomic mass is 10.2. The molecule has 0 saturated heterocycles. The molecule has 2 aromatic rings. The maximum atomic E-state index is 12.0. The number of rotatable bonds is 4. The first-order valence-corrected chi connectivity index (χ1v) is 7.21. The third-order valence-corrected chi connectivity index (χ3v) is 3.54. The fourth-order valence-corrected chi connectivity index (χ4v) is 2.28. The fraction of sp³-hybridized carbons (Fsp3) is 0.143. The van der Waals surface area contributed by atoms with Gasteiger partial charge in [-0.2, -0.15) is 0 Å². The minimum atomic E-state index is -0.422. The van der Waals surface area contributed by atoms with E-state index in [1.165, 1.54) is 12.3 Å². The summed E-state index contributed by atoms with van der Waals surface area (Å²) in [5.41, 5.74) is 1.13. The van der Waals surface area contributed by atoms with Crippen molar-refractivity contribution in [1.29, 1.82) is 0 Å². The summed E-state index contributed by atoms with van der Waals surface area (Å²) >= 11 is 9.04. The molecule has 0 aliphatic carbocycles. The van der Waals surface area contributed by atoms with E-state index in [4.69, 9.17) is 20.8 Å². The van der Waals surface area contributed by atoms with Crippen molar-refractivity contribution in [2.24, 2.45) is 0 Å². The number of hydrogen-bond acceptors (Lipinski definition) is 4. The highest BCUT2D eigenvalue weighted by Crippen LogP contribution is 2.26. The van der Waals surface area contributed by atoms with Crippen LogP contribution in [0, 0.1) is 0 Å². The second-order valence-corrected chi connectivity index (χ2v) is 5.17. The first-order valence-electron chi connectivity index (χ1n) is 6.04. The number of benzene rings is 1. The summed E-state index contributed by atoms with van der Waals surface area (Å²) in [7, 11) is 0. The van der Waals surface area contributed by atoms with Gasteiger partial charge in [-0.1, -0.05) is 0 Å². The fourth-order valence-electron chi connectivity index (χ4n) is 1.60. The van der Waals surface area contributed by atoms with Gasteiger partial charge in [0, 0.05) is 4.47 Å². The van der Waals surface area contributed by atoms with Crippen molar-refractivity contribution >= 4 is 45.1 Å². The van der Waals surface area contributed by atoms with Crippen LogP contribution in [0.5, 0.6) is 0 Å². The Morgan fingerprint density at radius 1 is 1.38 bits per heavy atom. The highest BCUT2D eigenvalue weighted by molar-refractivity contribution is 9.10. The average molecular weight is 373 g/mol. The molecule has 0 atom stereocenters. The zero-order valence-corrected chi connectivity index (χ0v) is 13.3. The van der Waals surface area contributed by atoms with Gasteiger partial charge in [0.1, 0.15) is 0 Å². The Kier molecular flexibility index (Phi) is 5.03. The largest absolute Gasteiger partial charge is 0.462 e. The van der Waals surface area contributed by atoms with Gasteiger partial charge in [-0.3, -0.25) is 4.79 Å². The Morgan fingerprint density at radius 2 is 2.14 bits per heavy atom. The lowest BCUT2D eigenvalue weighted by Crippen LogP contribution is -2.12. The van der Waals surface area contributed by atoms with Gasteiger partial charge in [-0.15, -0.1) is 0 Å². The molecule has 1 amide bonds. The van der Waals surface area contributed by atoms with Gasteiger partial charge in [-0.05, 0) is 58.7 Å². The van der Waals surface area contributed by atoms with Crippen LogP contribution in [0.3, 0.4) is 0 Å². The van der Waals surface area contributed by atoms with Crippen LogP contribution >= 0.6 is 27.5 Å². The van der Waals surface area contributed by atoms with Crippen LogP contribution in [-0.4, -0.2) is 18.5 Å². The third kappa shape index (κ3) is 3.65. The summed E-state index contributed by atoms with van der Waals surface area (Å²) in [5.74, 6) is -0.827. The molecule has 1 aromatic heterocycles. The Balaban J connectivity index is 2.16. The summed E-state index contributed by atoms with van der Waals surface area (Å²) in [6.07, 6.45) is 1.33. The number of amides is 1. The van der Waals surface area contributed by atoms with Gasteiger partial charge in [0.2, 0.25) is 5.22 Å². The topological polar surface area (TPSA) is 68.5 Å². The van der Waals surface area contributed by atoms with E-state index in [1.807, 2.05) is 0 Å². The number of nitrogens with one attached hydrogen (secondary N) is 1. The molecule has 0 spiro atoms. The Bertz CT molecular complexity index is 683. The maximum absolute atomic E-state index is 12.0. The van der Waals surface area contributed by atoms with Crippen LogP contribution in [-0.2, 0) is 4.74 Å². The first-order chi connectivity index (χ1) is 10.0. The first kappa shape index (κ1) is 15.6. The van der Waals surface area contributed by atoms with Gasteiger partial charge < -0.3 is 14.5 Å². The van der Waals surface area contributed by atoms with Gasteiger partial charge in [0.15, 0.2) is 0 Å². The third-order valence-electron chi connectivity index (χ3n) is 2.59. The van der Waals surface area contributed by atoms with Crippen LogP contribution in [0.1, 0.15) is 27.6 Å². The number of esters is 1. The summed E-state index contributed by atoms with van der Waals surface area (Å²) in [4.78, 5) is 23.6. The summed E-state index contributed by atoms with van der Waals surface area (Å²) in [5, 5.41) is 2.69. The Labute approximate surface area is 134 Å². The number of carbonyl (C=O) groups is 2. The molecule has 0 fully saturated rings. The minimum absolute atomic E-state index is 0.0202. The number of halogens is 2. The Hall–Kier alpha value is -1.79. The van der Waals surface area contributed by atoms with Crippen LogP contribution < -0.4 is 5.32 Å². The molecule has 1 N–H and O–H groups in total. The van der Waals surface area contributed by atoms with Crippen LogP contribution in [0.15, 0.2) is 39.4 Å². The molecule has 0 aliphatic rings. The van der Waals surface area contributed by atoms with Gasteiger partial charge in [0.05, 0.1) is 29.7 Å². The second kappa shape index (κ2) is 6.78. The average Bonchev–Trinajstić information content (AvgIpc) is 2.87. The van der Waals surface area contributed by atoms with Gasteiger partial charge in [0.25, 0.3) is 5.91 Å². The van der Waals surface area contributed by atoms with Crippen molar-refractivity contribution in [2.75, 3.05) is 11.9 Å². The monoisotopic (exact) mass is 371 g/mol. The molecule has 21 heavy (non-hydrogen) atoms. The van der Waals surface area contributed by atoms with Crippen molar-refractivity contribution in [2.45, 2.75) is 6.92 Å². The van der Waals surface area contributed by atoms with Crippen molar-refractivity contribution in [3.8, 4) is 0 Å². The van der Waals surface area contributed by atoms with E-state index in [-0.39, 0.29) is 10.8 Å². The highest BCUT2D eigenvalue weighted by atomic mass is 79.9. The molecular formula is C14H11BrClNO4. The number of carbonyl (C=O) groups excluding carboxylic acids is 2. The van der Waals surface area contributed by atoms with E-state index in [9.17, 15) is 9.59 Å². The van der Waals surface area contributed by atoms with Crippen LogP contribution in [0.4, 0.5) is 5.69 Å². The zero-order chi connectivity index (χ0) is 15.4.